The van der Waals surface area contributed by atoms with Gasteiger partial charge in [0.05, 0.1) is 7.11 Å². The summed E-state index contributed by atoms with van der Waals surface area (Å²) >= 11 is 0. The number of amides is 1. The quantitative estimate of drug-likeness (QED) is 0.374. The van der Waals surface area contributed by atoms with Crippen LogP contribution < -0.4 is 4.74 Å². The first kappa shape index (κ1) is 27.5. The van der Waals surface area contributed by atoms with Crippen molar-refractivity contribution >= 4 is 17.5 Å². The topological polar surface area (TPSA) is 110 Å². The van der Waals surface area contributed by atoms with Crippen LogP contribution in [-0.2, 0) is 4.79 Å². The van der Waals surface area contributed by atoms with E-state index in [9.17, 15) is 22.4 Å². The Labute approximate surface area is 219 Å². The number of hydrogen-bond acceptors (Lipinski definition) is 6. The van der Waals surface area contributed by atoms with Crippen LogP contribution in [0, 0.1) is 5.82 Å². The Balaban J connectivity index is 0.000000448. The minimum Gasteiger partial charge on any atom is -0.496 e. The van der Waals surface area contributed by atoms with Gasteiger partial charge in [-0.15, -0.1) is 0 Å². The van der Waals surface area contributed by atoms with Crippen molar-refractivity contribution in [3.63, 3.8) is 0 Å². The first-order chi connectivity index (χ1) is 18.6. The van der Waals surface area contributed by atoms with Crippen molar-refractivity contribution in [3.8, 4) is 16.9 Å². The lowest BCUT2D eigenvalue weighted by atomic mass is 9.97. The van der Waals surface area contributed by atoms with E-state index < -0.39 is 12.1 Å². The molecule has 0 bridgehead atoms. The lowest BCUT2D eigenvalue weighted by molar-refractivity contribution is -0.192. The van der Waals surface area contributed by atoms with Crippen molar-refractivity contribution in [1.29, 1.82) is 0 Å². The molecule has 1 atom stereocenters. The van der Waals surface area contributed by atoms with Gasteiger partial charge in [0.25, 0.3) is 5.91 Å². The number of methoxy groups -OCH3 is 1. The summed E-state index contributed by atoms with van der Waals surface area (Å²) < 4.78 is 52.7. The molecule has 1 saturated heterocycles. The van der Waals surface area contributed by atoms with E-state index in [1.807, 2.05) is 29.3 Å². The van der Waals surface area contributed by atoms with E-state index in [4.69, 9.17) is 19.6 Å². The highest BCUT2D eigenvalue weighted by Gasteiger charge is 2.38. The van der Waals surface area contributed by atoms with Crippen LogP contribution >= 0.6 is 0 Å². The molecule has 1 aliphatic rings. The van der Waals surface area contributed by atoms with Gasteiger partial charge in [0, 0.05) is 42.5 Å². The number of nitrogens with zero attached hydrogens (tertiary/aromatic N) is 5. The molecule has 1 amide bonds. The van der Waals surface area contributed by atoms with Crippen molar-refractivity contribution in [3.05, 3.63) is 78.3 Å². The Hall–Kier alpha value is -4.55. The number of benzene rings is 1. The SMILES string of the molecule is COc1ccc(F)cc1-c1ccc2nc(C3CCCN(C(=O)c4ccccn4)C3)nn2c1.O=C(O)C(F)(F)F. The average molecular weight is 545 g/mol. The number of piperidine rings is 1. The third-order valence-corrected chi connectivity index (χ3v) is 6.02. The average Bonchev–Trinajstić information content (AvgIpc) is 3.37. The molecule has 1 aromatic carbocycles. The first-order valence-corrected chi connectivity index (χ1v) is 11.8. The van der Waals surface area contributed by atoms with Crippen LogP contribution in [0.25, 0.3) is 16.8 Å². The van der Waals surface area contributed by atoms with Gasteiger partial charge in [0.15, 0.2) is 11.5 Å². The Morgan fingerprint density at radius 1 is 1.13 bits per heavy atom. The van der Waals surface area contributed by atoms with Gasteiger partial charge in [0.2, 0.25) is 0 Å². The smallest absolute Gasteiger partial charge is 0.490 e. The van der Waals surface area contributed by atoms with Crippen molar-refractivity contribution in [2.24, 2.45) is 0 Å². The third kappa shape index (κ3) is 6.48. The van der Waals surface area contributed by atoms with Gasteiger partial charge >= 0.3 is 12.1 Å². The number of carbonyl (C=O) groups is 2. The van der Waals surface area contributed by atoms with Crippen LogP contribution in [0.3, 0.4) is 0 Å². The number of carboxylic acids is 1. The minimum atomic E-state index is -5.08. The molecule has 5 rings (SSSR count). The Bertz CT molecular complexity index is 1480. The Kier molecular flexibility index (Phi) is 8.07. The number of alkyl halides is 3. The van der Waals surface area contributed by atoms with Gasteiger partial charge in [-0.2, -0.15) is 18.3 Å². The summed E-state index contributed by atoms with van der Waals surface area (Å²) in [5.41, 5.74) is 2.58. The molecule has 3 aromatic heterocycles. The molecule has 1 unspecified atom stereocenters. The molecule has 1 N–H and O–H groups in total. The lowest BCUT2D eigenvalue weighted by Crippen LogP contribution is -2.39. The van der Waals surface area contributed by atoms with Gasteiger partial charge in [-0.1, -0.05) is 6.07 Å². The standard InChI is InChI=1S/C24H22FN5O2.C2HF3O2/c1-32-21-9-8-18(25)13-19(21)16-7-10-22-27-23(28-30(22)15-16)17-5-4-12-29(14-17)24(31)20-6-2-3-11-26-20;3-2(4,5)1(6)7/h2-3,6-11,13,15,17H,4-5,12,14H2,1H3;(H,6,7). The van der Waals surface area contributed by atoms with Crippen LogP contribution in [0.15, 0.2) is 60.9 Å². The molecule has 4 heterocycles. The zero-order valence-electron chi connectivity index (χ0n) is 20.6. The molecule has 0 saturated carbocycles. The fraction of sp³-hybridized carbons (Fsp3) is 0.269. The van der Waals surface area contributed by atoms with E-state index in [1.165, 1.54) is 12.1 Å². The van der Waals surface area contributed by atoms with E-state index in [2.05, 4.69) is 10.1 Å². The summed E-state index contributed by atoms with van der Waals surface area (Å²) in [6.45, 7) is 1.25. The molecular weight excluding hydrogens is 522 g/mol. The number of carbonyl (C=O) groups excluding carboxylic acids is 1. The molecule has 0 aliphatic carbocycles. The lowest BCUT2D eigenvalue weighted by Gasteiger charge is -2.31. The predicted octanol–water partition coefficient (Wildman–Crippen LogP) is 4.59. The van der Waals surface area contributed by atoms with E-state index in [-0.39, 0.29) is 17.6 Å². The summed E-state index contributed by atoms with van der Waals surface area (Å²) in [7, 11) is 1.56. The second-order valence-corrected chi connectivity index (χ2v) is 8.64. The Morgan fingerprint density at radius 2 is 1.90 bits per heavy atom. The number of carboxylic acid groups (broad SMARTS) is 1. The van der Waals surface area contributed by atoms with Crippen LogP contribution in [0.5, 0.6) is 5.75 Å². The number of aliphatic carboxylic acids is 1. The second kappa shape index (κ2) is 11.5. The molecule has 1 aliphatic heterocycles. The Morgan fingerprint density at radius 3 is 2.56 bits per heavy atom. The van der Waals surface area contributed by atoms with Gasteiger partial charge < -0.3 is 14.7 Å². The molecular formula is C26H23F4N5O4. The van der Waals surface area contributed by atoms with Crippen LogP contribution in [0.1, 0.15) is 35.1 Å². The number of hydrogen-bond donors (Lipinski definition) is 1. The summed E-state index contributed by atoms with van der Waals surface area (Å²) in [4.78, 5) is 32.4. The molecule has 9 nitrogen and oxygen atoms in total. The molecule has 0 radical (unpaired) electrons. The maximum atomic E-state index is 13.8. The number of pyridine rings is 2. The van der Waals surface area contributed by atoms with Crippen molar-refractivity contribution in [2.75, 3.05) is 20.2 Å². The fourth-order valence-electron chi connectivity index (χ4n) is 4.16. The maximum absolute atomic E-state index is 13.8. The highest BCUT2D eigenvalue weighted by Crippen LogP contribution is 2.31. The number of aromatic nitrogens is 4. The minimum absolute atomic E-state index is 0.0449. The van der Waals surface area contributed by atoms with Crippen LogP contribution in [-0.4, -0.2) is 67.8 Å². The highest BCUT2D eigenvalue weighted by atomic mass is 19.4. The number of rotatable bonds is 4. The van der Waals surface area contributed by atoms with E-state index in [0.29, 0.717) is 41.6 Å². The first-order valence-electron chi connectivity index (χ1n) is 11.8. The van der Waals surface area contributed by atoms with Gasteiger partial charge in [-0.3, -0.25) is 9.78 Å². The summed E-state index contributed by atoms with van der Waals surface area (Å²) in [5.74, 6) is -1.83. The molecule has 0 spiro atoms. The second-order valence-electron chi connectivity index (χ2n) is 8.64. The van der Waals surface area contributed by atoms with Gasteiger partial charge in [0.1, 0.15) is 17.3 Å². The normalized spacial score (nSPS) is 15.4. The van der Waals surface area contributed by atoms with Gasteiger partial charge in [-0.25, -0.2) is 18.7 Å². The molecule has 13 heteroatoms. The van der Waals surface area contributed by atoms with Crippen LogP contribution in [0.2, 0.25) is 0 Å². The number of fused-ring (bicyclic) bond motifs is 1. The van der Waals surface area contributed by atoms with Crippen molar-refractivity contribution < 1.29 is 37.0 Å². The van der Waals surface area contributed by atoms with Crippen LogP contribution in [0.4, 0.5) is 17.6 Å². The van der Waals surface area contributed by atoms with Gasteiger partial charge in [-0.05, 0) is 55.3 Å². The van der Waals surface area contributed by atoms with E-state index in [0.717, 1.165) is 18.4 Å². The largest absolute Gasteiger partial charge is 0.496 e. The molecule has 204 valence electrons. The molecule has 39 heavy (non-hydrogen) atoms. The number of ether oxygens (including phenoxy) is 1. The summed E-state index contributed by atoms with van der Waals surface area (Å²) in [6, 6.07) is 13.5. The zero-order valence-corrected chi connectivity index (χ0v) is 20.6. The number of likely N-dealkylation sites (tertiary alicyclic amines) is 1. The summed E-state index contributed by atoms with van der Waals surface area (Å²) in [5, 5.41) is 11.8. The predicted molar refractivity (Wildman–Crippen MR) is 131 cm³/mol. The zero-order chi connectivity index (χ0) is 28.2. The van der Waals surface area contributed by atoms with E-state index >= 15 is 0 Å². The molecule has 4 aromatic rings. The van der Waals surface area contributed by atoms with Crippen molar-refractivity contribution in [1.82, 2.24) is 24.5 Å². The fourth-order valence-corrected chi connectivity index (χ4v) is 4.16. The maximum Gasteiger partial charge on any atom is 0.490 e. The molecule has 1 fully saturated rings. The summed E-state index contributed by atoms with van der Waals surface area (Å²) in [6.07, 6.45) is 0.157. The van der Waals surface area contributed by atoms with Crippen molar-refractivity contribution in [2.45, 2.75) is 24.9 Å². The van der Waals surface area contributed by atoms with E-state index in [1.54, 1.807) is 36.0 Å². The number of halogens is 4. The monoisotopic (exact) mass is 545 g/mol. The highest BCUT2D eigenvalue weighted by molar-refractivity contribution is 5.92. The third-order valence-electron chi connectivity index (χ3n) is 6.02.